The van der Waals surface area contributed by atoms with Crippen LogP contribution in [0, 0.1) is 0 Å². The van der Waals surface area contributed by atoms with Gasteiger partial charge in [-0.3, -0.25) is 9.59 Å². The van der Waals surface area contributed by atoms with Crippen LogP contribution in [0.5, 0.6) is 0 Å². The third-order valence-corrected chi connectivity index (χ3v) is 4.83. The lowest BCUT2D eigenvalue weighted by atomic mass is 10.1. The predicted octanol–water partition coefficient (Wildman–Crippen LogP) is 3.43. The van der Waals surface area contributed by atoms with Crippen LogP contribution in [0.2, 0.25) is 0 Å². The minimum Gasteiger partial charge on any atom is -0.469 e. The van der Waals surface area contributed by atoms with Gasteiger partial charge in [0.25, 0.3) is 5.91 Å². The van der Waals surface area contributed by atoms with Crippen molar-refractivity contribution < 1.29 is 14.3 Å². The van der Waals surface area contributed by atoms with Crippen LogP contribution in [0.25, 0.3) is 5.69 Å². The number of benzene rings is 1. The first-order valence-electron chi connectivity index (χ1n) is 8.80. The van der Waals surface area contributed by atoms with E-state index < -0.39 is 0 Å². The maximum atomic E-state index is 13.0. The van der Waals surface area contributed by atoms with Crippen molar-refractivity contribution in [1.82, 2.24) is 9.47 Å². The van der Waals surface area contributed by atoms with Gasteiger partial charge >= 0.3 is 5.97 Å². The molecule has 0 aliphatic heterocycles. The molecule has 0 atom stereocenters. The van der Waals surface area contributed by atoms with Crippen molar-refractivity contribution in [2.24, 2.45) is 0 Å². The summed E-state index contributed by atoms with van der Waals surface area (Å²) in [5, 5.41) is 0. The summed E-state index contributed by atoms with van der Waals surface area (Å²) in [6, 6.07) is 11.8. The lowest BCUT2D eigenvalue weighted by molar-refractivity contribution is -0.140. The van der Waals surface area contributed by atoms with Crippen LogP contribution in [0.1, 0.15) is 42.5 Å². The molecule has 0 spiro atoms. The fourth-order valence-corrected chi connectivity index (χ4v) is 3.43. The van der Waals surface area contributed by atoms with Gasteiger partial charge in [0.1, 0.15) is 0 Å². The number of carbonyl (C=O) groups excluding carboxylic acids is 2. The fraction of sp³-hybridized carbons (Fsp3) is 0.400. The van der Waals surface area contributed by atoms with Gasteiger partial charge in [0, 0.05) is 36.2 Å². The van der Waals surface area contributed by atoms with E-state index in [1.54, 1.807) is 0 Å². The monoisotopic (exact) mass is 340 g/mol. The van der Waals surface area contributed by atoms with Gasteiger partial charge < -0.3 is 14.2 Å². The van der Waals surface area contributed by atoms with Gasteiger partial charge in [-0.1, -0.05) is 12.8 Å². The molecule has 5 nitrogen and oxygen atoms in total. The molecule has 0 radical (unpaired) electrons. The molecule has 5 heteroatoms. The average molecular weight is 340 g/mol. The third-order valence-electron chi connectivity index (χ3n) is 4.83. The van der Waals surface area contributed by atoms with Gasteiger partial charge in [-0.05, 0) is 49.2 Å². The van der Waals surface area contributed by atoms with Gasteiger partial charge in [-0.25, -0.2) is 0 Å². The molecule has 1 fully saturated rings. The van der Waals surface area contributed by atoms with Crippen LogP contribution >= 0.6 is 0 Å². The highest BCUT2D eigenvalue weighted by atomic mass is 16.5. The molecule has 1 saturated carbocycles. The van der Waals surface area contributed by atoms with Crippen molar-refractivity contribution in [3.05, 3.63) is 54.4 Å². The molecule has 132 valence electrons. The second kappa shape index (κ2) is 8.01. The van der Waals surface area contributed by atoms with E-state index in [0.29, 0.717) is 12.1 Å². The van der Waals surface area contributed by atoms with E-state index in [4.69, 9.17) is 4.74 Å². The summed E-state index contributed by atoms with van der Waals surface area (Å²) in [6.45, 7) is 0.412. The highest BCUT2D eigenvalue weighted by Crippen LogP contribution is 2.25. The predicted molar refractivity (Wildman–Crippen MR) is 95.7 cm³/mol. The van der Waals surface area contributed by atoms with Crippen LogP contribution in [0.4, 0.5) is 0 Å². The zero-order chi connectivity index (χ0) is 17.6. The summed E-state index contributed by atoms with van der Waals surface area (Å²) < 4.78 is 6.73. The largest absolute Gasteiger partial charge is 0.469 e. The first-order valence-corrected chi connectivity index (χ1v) is 8.80. The number of ether oxygens (including phenoxy) is 1. The Hall–Kier alpha value is -2.56. The Morgan fingerprint density at radius 3 is 2.36 bits per heavy atom. The summed E-state index contributed by atoms with van der Waals surface area (Å²) in [7, 11) is 1.38. The topological polar surface area (TPSA) is 51.5 Å². The summed E-state index contributed by atoms with van der Waals surface area (Å²) in [5.74, 6) is -0.284. The molecule has 1 aromatic carbocycles. The Balaban J connectivity index is 1.75. The highest BCUT2D eigenvalue weighted by molar-refractivity contribution is 5.94. The maximum Gasteiger partial charge on any atom is 0.307 e. The molecule has 2 aromatic rings. The number of aromatic nitrogens is 1. The van der Waals surface area contributed by atoms with Gasteiger partial charge in [-0.15, -0.1) is 0 Å². The Bertz CT molecular complexity index is 701. The Kier molecular flexibility index (Phi) is 5.53. The molecule has 3 rings (SSSR count). The van der Waals surface area contributed by atoms with Gasteiger partial charge in [0.05, 0.1) is 13.5 Å². The van der Waals surface area contributed by atoms with Gasteiger partial charge in [0.2, 0.25) is 0 Å². The van der Waals surface area contributed by atoms with Crippen LogP contribution in [-0.2, 0) is 9.53 Å². The van der Waals surface area contributed by atoms with Crippen molar-refractivity contribution in [2.45, 2.75) is 38.1 Å². The maximum absolute atomic E-state index is 13.0. The molecule has 0 bridgehead atoms. The molecular formula is C20H24N2O3. The smallest absolute Gasteiger partial charge is 0.307 e. The molecule has 1 aliphatic rings. The summed E-state index contributed by atoms with van der Waals surface area (Å²) >= 11 is 0. The molecule has 25 heavy (non-hydrogen) atoms. The lowest BCUT2D eigenvalue weighted by Crippen LogP contribution is -2.40. The standard InChI is InChI=1S/C20H24N2O3/c1-25-19(23)12-15-22(18-6-2-3-7-18)20(24)16-8-10-17(11-9-16)21-13-4-5-14-21/h4-5,8-11,13-14,18H,2-3,6-7,12,15H2,1H3. The number of nitrogens with zero attached hydrogens (tertiary/aromatic N) is 2. The minimum absolute atomic E-state index is 0.00476. The first-order chi connectivity index (χ1) is 12.2. The number of hydrogen-bond acceptors (Lipinski definition) is 3. The highest BCUT2D eigenvalue weighted by Gasteiger charge is 2.27. The fourth-order valence-electron chi connectivity index (χ4n) is 3.43. The lowest BCUT2D eigenvalue weighted by Gasteiger charge is -2.29. The Morgan fingerprint density at radius 2 is 1.76 bits per heavy atom. The van der Waals surface area contributed by atoms with Crippen molar-refractivity contribution in [3.63, 3.8) is 0 Å². The molecule has 0 N–H and O–H groups in total. The van der Waals surface area contributed by atoms with E-state index in [9.17, 15) is 9.59 Å². The van der Waals surface area contributed by atoms with Crippen molar-refractivity contribution >= 4 is 11.9 Å². The zero-order valence-electron chi connectivity index (χ0n) is 14.6. The van der Waals surface area contributed by atoms with E-state index in [0.717, 1.165) is 31.4 Å². The third kappa shape index (κ3) is 4.10. The van der Waals surface area contributed by atoms with Crippen molar-refractivity contribution in [3.8, 4) is 5.69 Å². The van der Waals surface area contributed by atoms with E-state index in [2.05, 4.69) is 0 Å². The summed E-state index contributed by atoms with van der Waals surface area (Å²) in [4.78, 5) is 26.4. The molecule has 1 heterocycles. The van der Waals surface area contributed by atoms with Crippen LogP contribution < -0.4 is 0 Å². The number of methoxy groups -OCH3 is 1. The number of amides is 1. The Labute approximate surface area is 148 Å². The van der Waals surface area contributed by atoms with Gasteiger partial charge in [-0.2, -0.15) is 0 Å². The van der Waals surface area contributed by atoms with Crippen molar-refractivity contribution in [1.29, 1.82) is 0 Å². The molecular weight excluding hydrogens is 316 g/mol. The second-order valence-electron chi connectivity index (χ2n) is 6.40. The second-order valence-corrected chi connectivity index (χ2v) is 6.40. The normalized spacial score (nSPS) is 14.4. The van der Waals surface area contributed by atoms with Crippen LogP contribution in [0.3, 0.4) is 0 Å². The molecule has 0 unspecified atom stereocenters. The van der Waals surface area contributed by atoms with E-state index in [1.807, 2.05) is 58.3 Å². The minimum atomic E-state index is -0.279. The SMILES string of the molecule is COC(=O)CCN(C(=O)c1ccc(-n2cccc2)cc1)C1CCCC1. The number of esters is 1. The Morgan fingerprint density at radius 1 is 1.12 bits per heavy atom. The van der Waals surface area contributed by atoms with Crippen LogP contribution in [-0.4, -0.2) is 41.0 Å². The van der Waals surface area contributed by atoms with Crippen LogP contribution in [0.15, 0.2) is 48.8 Å². The zero-order valence-corrected chi connectivity index (χ0v) is 14.6. The number of carbonyl (C=O) groups is 2. The summed E-state index contributed by atoms with van der Waals surface area (Å²) in [6.07, 6.45) is 8.47. The molecule has 0 saturated heterocycles. The molecule has 1 amide bonds. The molecule has 1 aromatic heterocycles. The van der Waals surface area contributed by atoms with E-state index in [-0.39, 0.29) is 24.3 Å². The number of hydrogen-bond donors (Lipinski definition) is 0. The average Bonchev–Trinajstić information content (AvgIpc) is 3.35. The molecule has 1 aliphatic carbocycles. The number of rotatable bonds is 6. The van der Waals surface area contributed by atoms with Crippen molar-refractivity contribution in [2.75, 3.05) is 13.7 Å². The first kappa shape index (κ1) is 17.3. The van der Waals surface area contributed by atoms with Gasteiger partial charge in [0.15, 0.2) is 0 Å². The summed E-state index contributed by atoms with van der Waals surface area (Å²) in [5.41, 5.74) is 1.68. The quantitative estimate of drug-likeness (QED) is 0.757. The van der Waals surface area contributed by atoms with E-state index >= 15 is 0 Å². The van der Waals surface area contributed by atoms with E-state index in [1.165, 1.54) is 7.11 Å².